The lowest BCUT2D eigenvalue weighted by atomic mass is 10.4. The van der Waals surface area contributed by atoms with Gasteiger partial charge in [-0.1, -0.05) is 11.6 Å². The van der Waals surface area contributed by atoms with Crippen LogP contribution >= 0.6 is 19.2 Å². The summed E-state index contributed by atoms with van der Waals surface area (Å²) in [6.07, 6.45) is 1.28. The number of carbonyl (C=O) groups is 1. The van der Waals surface area contributed by atoms with E-state index in [0.29, 0.717) is 0 Å². The Labute approximate surface area is 99.4 Å². The number of hydrogen-bond acceptors (Lipinski definition) is 3. The molecule has 2 heterocycles. The summed E-state index contributed by atoms with van der Waals surface area (Å²) in [5, 5.41) is 9.24. The van der Waals surface area contributed by atoms with Crippen LogP contribution in [-0.4, -0.2) is 30.2 Å². The van der Waals surface area contributed by atoms with Crippen molar-refractivity contribution in [3.8, 4) is 0 Å². The fourth-order valence-electron chi connectivity index (χ4n) is 1.41. The molecule has 0 aliphatic carbocycles. The van der Waals surface area contributed by atoms with E-state index in [4.69, 9.17) is 26.5 Å². The first-order chi connectivity index (χ1) is 7.80. The van der Waals surface area contributed by atoms with Crippen LogP contribution in [0.3, 0.4) is 0 Å². The minimum absolute atomic E-state index is 0.0632. The lowest BCUT2D eigenvalue weighted by molar-refractivity contribution is 0.0690. The molecule has 17 heavy (non-hydrogen) atoms. The Morgan fingerprint density at radius 2 is 2.12 bits per heavy atom. The van der Waals surface area contributed by atoms with Gasteiger partial charge in [0, 0.05) is 17.3 Å². The van der Waals surface area contributed by atoms with Gasteiger partial charge < -0.3 is 14.9 Å². The van der Waals surface area contributed by atoms with Gasteiger partial charge in [0.1, 0.15) is 5.65 Å². The van der Waals surface area contributed by atoms with Crippen molar-refractivity contribution in [2.45, 2.75) is 0 Å². The number of halogens is 1. The van der Waals surface area contributed by atoms with Crippen LogP contribution in [0.4, 0.5) is 0 Å². The third-order valence-electron chi connectivity index (χ3n) is 2.05. The highest BCUT2D eigenvalue weighted by Gasteiger charge is 2.31. The fourth-order valence-corrected chi connectivity index (χ4v) is 2.28. The fraction of sp³-hybridized carbons (Fsp3) is 0. The quantitative estimate of drug-likeness (QED) is 0.688. The molecule has 0 bridgehead atoms. The van der Waals surface area contributed by atoms with Crippen LogP contribution in [0.2, 0.25) is 5.02 Å². The molecule has 3 N–H and O–H groups in total. The minimum Gasteiger partial charge on any atom is -0.476 e. The Morgan fingerprint density at radius 1 is 1.47 bits per heavy atom. The zero-order valence-corrected chi connectivity index (χ0v) is 9.76. The molecule has 0 spiro atoms. The van der Waals surface area contributed by atoms with E-state index < -0.39 is 24.7 Å². The molecule has 2 aromatic rings. The lowest BCUT2D eigenvalue weighted by Gasteiger charge is -2.01. The highest BCUT2D eigenvalue weighted by molar-refractivity contribution is 7.60. The zero-order valence-electron chi connectivity index (χ0n) is 8.11. The van der Waals surface area contributed by atoms with E-state index in [1.54, 1.807) is 0 Å². The van der Waals surface area contributed by atoms with Crippen molar-refractivity contribution in [3.05, 3.63) is 29.0 Å². The Kier molecular flexibility index (Phi) is 2.71. The summed E-state index contributed by atoms with van der Waals surface area (Å²) in [5.41, 5.74) is -1.27. The normalized spacial score (nSPS) is 11.9. The van der Waals surface area contributed by atoms with Crippen LogP contribution in [0.15, 0.2) is 18.3 Å². The van der Waals surface area contributed by atoms with Crippen LogP contribution in [-0.2, 0) is 4.57 Å². The van der Waals surface area contributed by atoms with Crippen LogP contribution < -0.4 is 5.44 Å². The number of aromatic carboxylic acids is 1. The van der Waals surface area contributed by atoms with Crippen molar-refractivity contribution in [2.24, 2.45) is 0 Å². The molecule has 90 valence electrons. The SMILES string of the molecule is O=C(O)c1c(P(=O)(O)O)nc2cc(Cl)ccn12. The van der Waals surface area contributed by atoms with Crippen molar-refractivity contribution in [1.29, 1.82) is 0 Å². The van der Waals surface area contributed by atoms with Gasteiger partial charge in [-0.2, -0.15) is 0 Å². The average Bonchev–Trinajstić information content (AvgIpc) is 2.55. The second-order valence-corrected chi connectivity index (χ2v) is 5.15. The zero-order chi connectivity index (χ0) is 12.8. The number of rotatable bonds is 2. The number of nitrogens with zero attached hydrogens (tertiary/aromatic N) is 2. The van der Waals surface area contributed by atoms with E-state index >= 15 is 0 Å². The van der Waals surface area contributed by atoms with Gasteiger partial charge in [-0.25, -0.2) is 9.78 Å². The maximum absolute atomic E-state index is 11.1. The highest BCUT2D eigenvalue weighted by atomic mass is 35.5. The molecule has 0 saturated carbocycles. The molecular formula is C8H6ClN2O5P. The first-order valence-electron chi connectivity index (χ1n) is 4.27. The number of carboxylic acid groups (broad SMARTS) is 1. The molecule has 2 rings (SSSR count). The first-order valence-corrected chi connectivity index (χ1v) is 6.27. The summed E-state index contributed by atoms with van der Waals surface area (Å²) < 4.78 is 12.2. The molecule has 0 aliphatic heterocycles. The monoisotopic (exact) mass is 276 g/mol. The Balaban J connectivity index is 2.89. The summed E-state index contributed by atoms with van der Waals surface area (Å²) >= 11 is 5.68. The van der Waals surface area contributed by atoms with Crippen molar-refractivity contribution in [1.82, 2.24) is 9.38 Å². The van der Waals surface area contributed by atoms with Crippen molar-refractivity contribution < 1.29 is 24.3 Å². The lowest BCUT2D eigenvalue weighted by Crippen LogP contribution is -2.17. The standard InChI is InChI=1S/C8H6ClN2O5P/c9-4-1-2-11-5(3-4)10-7(17(14,15)16)6(11)8(12)13/h1-3H,(H,12,13)(H2,14,15,16). The Hall–Kier alpha value is -1.40. The summed E-state index contributed by atoms with van der Waals surface area (Å²) in [6, 6.07) is 2.71. The summed E-state index contributed by atoms with van der Waals surface area (Å²) in [5.74, 6) is -1.47. The number of aromatic nitrogens is 2. The van der Waals surface area contributed by atoms with Crippen molar-refractivity contribution in [2.75, 3.05) is 0 Å². The minimum atomic E-state index is -4.75. The number of fused-ring (bicyclic) bond motifs is 1. The van der Waals surface area contributed by atoms with Crippen LogP contribution in [0.1, 0.15) is 10.5 Å². The van der Waals surface area contributed by atoms with Crippen molar-refractivity contribution in [3.63, 3.8) is 0 Å². The van der Waals surface area contributed by atoms with Gasteiger partial charge >= 0.3 is 13.6 Å². The molecular weight excluding hydrogens is 271 g/mol. The van der Waals surface area contributed by atoms with Crippen molar-refractivity contribution >= 4 is 36.2 Å². The molecule has 2 aromatic heterocycles. The molecule has 0 saturated heterocycles. The molecule has 0 amide bonds. The maximum atomic E-state index is 11.1. The second kappa shape index (κ2) is 3.82. The van der Waals surface area contributed by atoms with Gasteiger partial charge in [0.2, 0.25) is 0 Å². The molecule has 0 fully saturated rings. The van der Waals surface area contributed by atoms with Gasteiger partial charge in [0.25, 0.3) is 0 Å². The van der Waals surface area contributed by atoms with Gasteiger partial charge in [0.15, 0.2) is 11.1 Å². The molecule has 0 aromatic carbocycles. The Bertz CT molecular complexity index is 661. The van der Waals surface area contributed by atoms with Gasteiger partial charge in [-0.15, -0.1) is 0 Å². The number of hydrogen-bond donors (Lipinski definition) is 3. The number of imidazole rings is 1. The topological polar surface area (TPSA) is 112 Å². The van der Waals surface area contributed by atoms with Crippen LogP contribution in [0, 0.1) is 0 Å². The largest absolute Gasteiger partial charge is 0.476 e. The molecule has 0 aliphatic rings. The van der Waals surface area contributed by atoms with Gasteiger partial charge in [-0.3, -0.25) is 8.97 Å². The number of carboxylic acids is 1. The van der Waals surface area contributed by atoms with E-state index in [9.17, 15) is 9.36 Å². The molecule has 0 radical (unpaired) electrons. The average molecular weight is 277 g/mol. The van der Waals surface area contributed by atoms with E-state index in [1.165, 1.54) is 18.3 Å². The Morgan fingerprint density at radius 3 is 2.65 bits per heavy atom. The molecule has 7 nitrogen and oxygen atoms in total. The van der Waals surface area contributed by atoms with Crippen LogP contribution in [0.25, 0.3) is 5.65 Å². The third kappa shape index (κ3) is 2.05. The predicted octanol–water partition coefficient (Wildman–Crippen LogP) is 0.489. The summed E-state index contributed by atoms with van der Waals surface area (Å²) in [6.45, 7) is 0. The highest BCUT2D eigenvalue weighted by Crippen LogP contribution is 2.34. The molecule has 0 atom stereocenters. The van der Waals surface area contributed by atoms with E-state index in [1.807, 2.05) is 0 Å². The summed E-state index contributed by atoms with van der Waals surface area (Å²) in [4.78, 5) is 32.6. The predicted molar refractivity (Wildman–Crippen MR) is 58.8 cm³/mol. The summed E-state index contributed by atoms with van der Waals surface area (Å²) in [7, 11) is -4.75. The smallest absolute Gasteiger partial charge is 0.376 e. The van der Waals surface area contributed by atoms with E-state index in [0.717, 1.165) is 4.40 Å². The number of pyridine rings is 1. The molecule has 9 heteroatoms. The first kappa shape index (κ1) is 12.1. The van der Waals surface area contributed by atoms with E-state index in [-0.39, 0.29) is 10.7 Å². The van der Waals surface area contributed by atoms with Gasteiger partial charge in [0.05, 0.1) is 0 Å². The van der Waals surface area contributed by atoms with E-state index in [2.05, 4.69) is 4.98 Å². The third-order valence-corrected chi connectivity index (χ3v) is 3.15. The second-order valence-electron chi connectivity index (χ2n) is 3.21. The van der Waals surface area contributed by atoms with Crippen LogP contribution in [0.5, 0.6) is 0 Å². The maximum Gasteiger partial charge on any atom is 0.376 e. The van der Waals surface area contributed by atoms with Gasteiger partial charge in [-0.05, 0) is 6.07 Å². The molecule has 0 unspecified atom stereocenters.